The van der Waals surface area contributed by atoms with E-state index in [1.54, 1.807) is 0 Å². The average Bonchev–Trinajstić information content (AvgIpc) is 3.69. The fraction of sp³-hybridized carbons (Fsp3) is 0. The fourth-order valence-electron chi connectivity index (χ4n) is 8.79. The molecular formula is C56H37NO. The predicted octanol–water partition coefficient (Wildman–Crippen LogP) is 16.0. The molecule has 0 spiro atoms. The Kier molecular flexibility index (Phi) is 8.19. The molecule has 0 unspecified atom stereocenters. The first kappa shape index (κ1) is 33.6. The van der Waals surface area contributed by atoms with Gasteiger partial charge in [-0.3, -0.25) is 0 Å². The van der Waals surface area contributed by atoms with Gasteiger partial charge in [-0.2, -0.15) is 0 Å². The minimum Gasteiger partial charge on any atom is -0.456 e. The van der Waals surface area contributed by atoms with Gasteiger partial charge >= 0.3 is 0 Å². The summed E-state index contributed by atoms with van der Waals surface area (Å²) in [7, 11) is 0. The third-order valence-electron chi connectivity index (χ3n) is 11.5. The third-order valence-corrected chi connectivity index (χ3v) is 11.5. The average molecular weight is 740 g/mol. The van der Waals surface area contributed by atoms with Crippen molar-refractivity contribution in [2.24, 2.45) is 0 Å². The first-order chi connectivity index (χ1) is 28.8. The Balaban J connectivity index is 1.14. The van der Waals surface area contributed by atoms with Crippen LogP contribution in [0.5, 0.6) is 0 Å². The van der Waals surface area contributed by atoms with Crippen molar-refractivity contribution < 1.29 is 4.42 Å². The molecular weight excluding hydrogens is 703 g/mol. The zero-order valence-corrected chi connectivity index (χ0v) is 31.7. The maximum Gasteiger partial charge on any atom is 0.136 e. The van der Waals surface area contributed by atoms with E-state index in [4.69, 9.17) is 4.42 Å². The summed E-state index contributed by atoms with van der Waals surface area (Å²) in [5.41, 5.74) is 14.3. The van der Waals surface area contributed by atoms with Gasteiger partial charge in [0.05, 0.1) is 11.4 Å². The lowest BCUT2D eigenvalue weighted by Crippen LogP contribution is -2.12. The highest BCUT2D eigenvalue weighted by molar-refractivity contribution is 6.14. The lowest BCUT2D eigenvalue weighted by atomic mass is 9.91. The molecule has 10 aromatic carbocycles. The zero-order valence-electron chi connectivity index (χ0n) is 31.7. The fourth-order valence-corrected chi connectivity index (χ4v) is 8.79. The van der Waals surface area contributed by atoms with Gasteiger partial charge in [0.15, 0.2) is 0 Å². The van der Waals surface area contributed by atoms with E-state index in [9.17, 15) is 0 Å². The molecule has 0 aliphatic carbocycles. The van der Waals surface area contributed by atoms with Crippen LogP contribution in [0.15, 0.2) is 229 Å². The van der Waals surface area contributed by atoms with Crippen LogP contribution in [0.4, 0.5) is 17.1 Å². The van der Waals surface area contributed by atoms with Gasteiger partial charge in [0.2, 0.25) is 0 Å². The number of anilines is 3. The number of nitrogens with zero attached hydrogens (tertiary/aromatic N) is 1. The number of hydrogen-bond donors (Lipinski definition) is 0. The molecule has 1 aromatic heterocycles. The first-order valence-electron chi connectivity index (χ1n) is 19.8. The van der Waals surface area contributed by atoms with Crippen molar-refractivity contribution in [3.8, 4) is 44.5 Å². The van der Waals surface area contributed by atoms with E-state index in [1.807, 2.05) is 6.07 Å². The van der Waals surface area contributed by atoms with Crippen LogP contribution in [0, 0.1) is 0 Å². The summed E-state index contributed by atoms with van der Waals surface area (Å²) >= 11 is 0. The molecule has 1 heterocycles. The molecule has 0 amide bonds. The summed E-state index contributed by atoms with van der Waals surface area (Å²) in [5.74, 6) is 0. The maximum atomic E-state index is 6.42. The van der Waals surface area contributed by atoms with Crippen LogP contribution in [0.3, 0.4) is 0 Å². The molecule has 0 saturated carbocycles. The van der Waals surface area contributed by atoms with Crippen LogP contribution in [0.2, 0.25) is 0 Å². The SMILES string of the molecule is c1ccc(-c2ccccc2N(c2ccc(-c3cccc4ccccc34)cc2)c2ccccc2-c2cccc3oc4ccccc4c23)c(-c2ccc3ccccc3c2)c1. The molecule has 0 radical (unpaired) electrons. The highest BCUT2D eigenvalue weighted by atomic mass is 16.3. The van der Waals surface area contributed by atoms with Crippen LogP contribution < -0.4 is 4.90 Å². The molecule has 11 rings (SSSR count). The maximum absolute atomic E-state index is 6.42. The van der Waals surface area contributed by atoms with Crippen molar-refractivity contribution in [1.29, 1.82) is 0 Å². The largest absolute Gasteiger partial charge is 0.456 e. The van der Waals surface area contributed by atoms with Crippen molar-refractivity contribution in [3.05, 3.63) is 224 Å². The number of para-hydroxylation sites is 3. The molecule has 0 saturated heterocycles. The van der Waals surface area contributed by atoms with Gasteiger partial charge in [-0.15, -0.1) is 0 Å². The van der Waals surface area contributed by atoms with E-state index in [-0.39, 0.29) is 0 Å². The molecule has 272 valence electrons. The summed E-state index contributed by atoms with van der Waals surface area (Å²) in [4.78, 5) is 2.44. The summed E-state index contributed by atoms with van der Waals surface area (Å²) in [6, 6.07) is 80.8. The summed E-state index contributed by atoms with van der Waals surface area (Å²) in [6.07, 6.45) is 0. The molecule has 0 bridgehead atoms. The second kappa shape index (κ2) is 14.1. The molecule has 58 heavy (non-hydrogen) atoms. The summed E-state index contributed by atoms with van der Waals surface area (Å²) in [5, 5.41) is 7.17. The van der Waals surface area contributed by atoms with E-state index in [1.165, 1.54) is 49.4 Å². The molecule has 2 nitrogen and oxygen atoms in total. The first-order valence-corrected chi connectivity index (χ1v) is 19.8. The van der Waals surface area contributed by atoms with Crippen molar-refractivity contribution >= 4 is 60.5 Å². The predicted molar refractivity (Wildman–Crippen MR) is 245 cm³/mol. The van der Waals surface area contributed by atoms with Gasteiger partial charge in [-0.05, 0) is 97.4 Å². The minimum atomic E-state index is 0.879. The highest BCUT2D eigenvalue weighted by Crippen LogP contribution is 2.48. The Hall–Kier alpha value is -7.68. The number of benzene rings is 10. The van der Waals surface area contributed by atoms with Crippen molar-refractivity contribution in [3.63, 3.8) is 0 Å². The molecule has 11 aromatic rings. The lowest BCUT2D eigenvalue weighted by molar-refractivity contribution is 0.669. The second-order valence-electron chi connectivity index (χ2n) is 14.8. The smallest absolute Gasteiger partial charge is 0.136 e. The minimum absolute atomic E-state index is 0.879. The van der Waals surface area contributed by atoms with Crippen LogP contribution in [-0.2, 0) is 0 Å². The summed E-state index contributed by atoms with van der Waals surface area (Å²) in [6.45, 7) is 0. The quantitative estimate of drug-likeness (QED) is 0.162. The number of fused-ring (bicyclic) bond motifs is 5. The van der Waals surface area contributed by atoms with Crippen LogP contribution in [-0.4, -0.2) is 0 Å². The van der Waals surface area contributed by atoms with Gasteiger partial charge in [0.25, 0.3) is 0 Å². The number of furan rings is 1. The van der Waals surface area contributed by atoms with Crippen LogP contribution >= 0.6 is 0 Å². The number of rotatable bonds is 7. The zero-order chi connectivity index (χ0) is 38.4. The van der Waals surface area contributed by atoms with Gasteiger partial charge < -0.3 is 9.32 Å². The molecule has 0 fully saturated rings. The molecule has 0 aliphatic heterocycles. The Morgan fingerprint density at radius 1 is 0.293 bits per heavy atom. The Morgan fingerprint density at radius 3 is 1.60 bits per heavy atom. The van der Waals surface area contributed by atoms with Crippen LogP contribution in [0.1, 0.15) is 0 Å². The Bertz CT molecular complexity index is 3290. The van der Waals surface area contributed by atoms with Gasteiger partial charge in [0, 0.05) is 27.6 Å². The third kappa shape index (κ3) is 5.74. The van der Waals surface area contributed by atoms with Gasteiger partial charge in [-0.1, -0.05) is 182 Å². The lowest BCUT2D eigenvalue weighted by Gasteiger charge is -2.30. The Morgan fingerprint density at radius 2 is 0.810 bits per heavy atom. The Labute approximate surface area is 337 Å². The van der Waals surface area contributed by atoms with E-state index in [0.29, 0.717) is 0 Å². The van der Waals surface area contributed by atoms with E-state index >= 15 is 0 Å². The summed E-state index contributed by atoms with van der Waals surface area (Å²) < 4.78 is 6.42. The van der Waals surface area contributed by atoms with Crippen molar-refractivity contribution in [2.45, 2.75) is 0 Å². The molecule has 0 N–H and O–H groups in total. The van der Waals surface area contributed by atoms with Crippen molar-refractivity contribution in [1.82, 2.24) is 0 Å². The number of hydrogen-bond acceptors (Lipinski definition) is 2. The monoisotopic (exact) mass is 739 g/mol. The molecule has 0 aliphatic rings. The standard InChI is InChI=1S/C56H37NO/c1-2-17-41-37-42(32-31-38(41)15-1)46-20-5-6-21-47(46)48-22-7-10-27-52(48)57(43-35-33-40(34-36-43)45-25-13-18-39-16-3-4-19-44(39)45)53-28-11-8-23-49(53)50-26-14-30-55-56(50)51-24-9-12-29-54(51)58-55/h1-37H. The van der Waals surface area contributed by atoms with E-state index < -0.39 is 0 Å². The second-order valence-corrected chi connectivity index (χ2v) is 14.8. The highest BCUT2D eigenvalue weighted by Gasteiger charge is 2.23. The normalized spacial score (nSPS) is 11.4. The molecule has 0 atom stereocenters. The van der Waals surface area contributed by atoms with E-state index in [0.717, 1.165) is 55.7 Å². The van der Waals surface area contributed by atoms with Crippen LogP contribution in [0.25, 0.3) is 88.0 Å². The van der Waals surface area contributed by atoms with Gasteiger partial charge in [0.1, 0.15) is 11.2 Å². The van der Waals surface area contributed by atoms with Crippen molar-refractivity contribution in [2.75, 3.05) is 4.90 Å². The van der Waals surface area contributed by atoms with E-state index in [2.05, 4.69) is 223 Å². The topological polar surface area (TPSA) is 16.4 Å². The molecule has 2 heteroatoms. The van der Waals surface area contributed by atoms with Gasteiger partial charge in [-0.25, -0.2) is 0 Å².